The molecule has 0 heterocycles. The second-order valence-corrected chi connectivity index (χ2v) is 5.56. The van der Waals surface area contributed by atoms with E-state index in [1.54, 1.807) is 24.3 Å². The highest BCUT2D eigenvalue weighted by Gasteiger charge is 2.05. The third-order valence-corrected chi connectivity index (χ3v) is 3.63. The molecule has 134 valence electrons. The van der Waals surface area contributed by atoms with E-state index in [4.69, 9.17) is 14.6 Å². The van der Waals surface area contributed by atoms with Crippen LogP contribution in [0.2, 0.25) is 0 Å². The minimum Gasteiger partial charge on any atom is -0.504 e. The molecule has 0 amide bonds. The maximum absolute atomic E-state index is 10.6. The van der Waals surface area contributed by atoms with Crippen molar-refractivity contribution in [1.82, 2.24) is 0 Å². The summed E-state index contributed by atoms with van der Waals surface area (Å²) in [6, 6.07) is 9.34. The lowest BCUT2D eigenvalue weighted by Crippen LogP contribution is -2.01. The van der Waals surface area contributed by atoms with Crippen LogP contribution in [0.15, 0.2) is 36.4 Å². The van der Waals surface area contributed by atoms with Crippen LogP contribution in [0.1, 0.15) is 35.2 Å². The molecule has 0 radical (unpaired) electrons. The minimum absolute atomic E-state index is 0.0177. The number of carbonyl (C=O) groups is 1. The Morgan fingerprint density at radius 3 is 1.96 bits per heavy atom. The van der Waals surface area contributed by atoms with Gasteiger partial charge in [-0.1, -0.05) is 6.07 Å². The fourth-order valence-corrected chi connectivity index (χ4v) is 2.26. The summed E-state index contributed by atoms with van der Waals surface area (Å²) in [7, 11) is 0. The molecule has 0 saturated carbocycles. The molecule has 0 bridgehead atoms. The third kappa shape index (κ3) is 5.69. The number of carbonyl (C=O) groups excluding carboxylic acids is 1. The summed E-state index contributed by atoms with van der Waals surface area (Å²) in [5.74, 6) is 0.725. The topological polar surface area (TPSA) is 96.2 Å². The van der Waals surface area contributed by atoms with E-state index < -0.39 is 0 Å². The number of ether oxygens (including phenoxy) is 2. The molecule has 0 unspecified atom stereocenters. The van der Waals surface area contributed by atoms with Gasteiger partial charge in [-0.2, -0.15) is 0 Å². The number of unbranched alkanes of at least 4 members (excludes halogenated alkanes) is 2. The lowest BCUT2D eigenvalue weighted by Gasteiger charge is -2.10. The molecule has 2 aromatic rings. The number of phenolic OH excluding ortho intramolecular Hbond substituents is 2. The first kappa shape index (κ1) is 18.6. The normalized spacial score (nSPS) is 10.4. The zero-order valence-electron chi connectivity index (χ0n) is 13.9. The van der Waals surface area contributed by atoms with Crippen LogP contribution in [0.25, 0.3) is 0 Å². The van der Waals surface area contributed by atoms with E-state index >= 15 is 0 Å². The average molecular weight is 346 g/mol. The van der Waals surface area contributed by atoms with Crippen molar-refractivity contribution >= 4 is 6.29 Å². The standard InChI is InChI=1S/C19H22O6/c20-12-14-4-6-18(16(22)10-14)24-8-2-1-3-9-25-19-7-5-15(13-21)11-17(19)23/h4-7,10-12,21-23H,1-3,8-9,13H2. The fraction of sp³-hybridized carbons (Fsp3) is 0.316. The van der Waals surface area contributed by atoms with Gasteiger partial charge in [0.1, 0.15) is 6.29 Å². The first-order valence-electron chi connectivity index (χ1n) is 8.10. The number of hydrogen-bond acceptors (Lipinski definition) is 6. The van der Waals surface area contributed by atoms with E-state index in [-0.39, 0.29) is 18.1 Å². The maximum Gasteiger partial charge on any atom is 0.160 e. The van der Waals surface area contributed by atoms with Crippen molar-refractivity contribution in [1.29, 1.82) is 0 Å². The summed E-state index contributed by atoms with van der Waals surface area (Å²) in [6.07, 6.45) is 3.11. The SMILES string of the molecule is O=Cc1ccc(OCCCCCOc2ccc(CO)cc2O)c(O)c1. The molecule has 6 nitrogen and oxygen atoms in total. The van der Waals surface area contributed by atoms with Gasteiger partial charge in [-0.3, -0.25) is 4.79 Å². The zero-order valence-corrected chi connectivity index (χ0v) is 13.9. The lowest BCUT2D eigenvalue weighted by molar-refractivity contribution is 0.112. The Kier molecular flexibility index (Phi) is 7.10. The summed E-state index contributed by atoms with van der Waals surface area (Å²) in [6.45, 7) is 0.789. The molecule has 3 N–H and O–H groups in total. The van der Waals surface area contributed by atoms with Gasteiger partial charge in [0.2, 0.25) is 0 Å². The summed E-state index contributed by atoms with van der Waals surface area (Å²) in [4.78, 5) is 10.6. The molecular weight excluding hydrogens is 324 g/mol. The molecule has 6 heteroatoms. The van der Waals surface area contributed by atoms with Crippen molar-refractivity contribution in [3.05, 3.63) is 47.5 Å². The van der Waals surface area contributed by atoms with E-state index in [1.165, 1.54) is 12.1 Å². The Morgan fingerprint density at radius 1 is 0.840 bits per heavy atom. The Morgan fingerprint density at radius 2 is 1.44 bits per heavy atom. The number of rotatable bonds is 10. The van der Waals surface area contributed by atoms with Crippen LogP contribution in [0.3, 0.4) is 0 Å². The number of phenols is 2. The van der Waals surface area contributed by atoms with Crippen LogP contribution in [0.4, 0.5) is 0 Å². The quantitative estimate of drug-likeness (QED) is 0.452. The predicted octanol–water partition coefficient (Wildman–Crippen LogP) is 3.03. The highest BCUT2D eigenvalue weighted by atomic mass is 16.5. The zero-order chi connectivity index (χ0) is 18.1. The van der Waals surface area contributed by atoms with Crippen molar-refractivity contribution in [2.45, 2.75) is 25.9 Å². The molecule has 25 heavy (non-hydrogen) atoms. The number of aliphatic hydroxyl groups excluding tert-OH is 1. The summed E-state index contributed by atoms with van der Waals surface area (Å²) in [5.41, 5.74) is 1.03. The fourth-order valence-electron chi connectivity index (χ4n) is 2.26. The van der Waals surface area contributed by atoms with E-state index in [9.17, 15) is 15.0 Å². The Bertz CT molecular complexity index is 698. The van der Waals surface area contributed by atoms with Gasteiger partial charge in [-0.15, -0.1) is 0 Å². The summed E-state index contributed by atoms with van der Waals surface area (Å²) in [5, 5.41) is 28.4. The van der Waals surface area contributed by atoms with Crippen LogP contribution in [0.5, 0.6) is 23.0 Å². The average Bonchev–Trinajstić information content (AvgIpc) is 2.62. The molecule has 0 atom stereocenters. The lowest BCUT2D eigenvalue weighted by atomic mass is 10.2. The molecule has 0 saturated heterocycles. The van der Waals surface area contributed by atoms with E-state index in [2.05, 4.69) is 0 Å². The smallest absolute Gasteiger partial charge is 0.160 e. The van der Waals surface area contributed by atoms with Crippen molar-refractivity contribution in [2.75, 3.05) is 13.2 Å². The van der Waals surface area contributed by atoms with Crippen molar-refractivity contribution in [3.63, 3.8) is 0 Å². The second-order valence-electron chi connectivity index (χ2n) is 5.56. The van der Waals surface area contributed by atoms with Gasteiger partial charge in [-0.25, -0.2) is 0 Å². The van der Waals surface area contributed by atoms with Crippen molar-refractivity contribution in [2.24, 2.45) is 0 Å². The Labute approximate surface area is 146 Å². The highest BCUT2D eigenvalue weighted by Crippen LogP contribution is 2.27. The van der Waals surface area contributed by atoms with Gasteiger partial charge < -0.3 is 24.8 Å². The number of aromatic hydroxyl groups is 2. The maximum atomic E-state index is 10.6. The van der Waals surface area contributed by atoms with E-state index in [1.807, 2.05) is 0 Å². The molecule has 0 aliphatic heterocycles. The predicted molar refractivity (Wildman–Crippen MR) is 92.4 cm³/mol. The largest absolute Gasteiger partial charge is 0.504 e. The van der Waals surface area contributed by atoms with Gasteiger partial charge >= 0.3 is 0 Å². The number of hydrogen-bond donors (Lipinski definition) is 3. The second kappa shape index (κ2) is 9.54. The monoisotopic (exact) mass is 346 g/mol. The van der Waals surface area contributed by atoms with Gasteiger partial charge in [0, 0.05) is 5.56 Å². The van der Waals surface area contributed by atoms with Crippen LogP contribution < -0.4 is 9.47 Å². The van der Waals surface area contributed by atoms with Crippen LogP contribution in [-0.2, 0) is 6.61 Å². The Balaban J connectivity index is 1.63. The molecule has 0 aliphatic rings. The van der Waals surface area contributed by atoms with Gasteiger partial charge in [0.25, 0.3) is 0 Å². The van der Waals surface area contributed by atoms with Crippen LogP contribution in [0, 0.1) is 0 Å². The summed E-state index contributed by atoms with van der Waals surface area (Å²) < 4.78 is 11.0. The molecule has 0 spiro atoms. The Hall–Kier alpha value is -2.73. The molecule has 2 aromatic carbocycles. The van der Waals surface area contributed by atoms with Gasteiger partial charge in [-0.05, 0) is 55.2 Å². The molecule has 0 aromatic heterocycles. The van der Waals surface area contributed by atoms with E-state index in [0.717, 1.165) is 19.3 Å². The molecule has 0 fully saturated rings. The minimum atomic E-state index is -0.124. The van der Waals surface area contributed by atoms with Crippen molar-refractivity contribution in [3.8, 4) is 23.0 Å². The first-order valence-corrected chi connectivity index (χ1v) is 8.10. The van der Waals surface area contributed by atoms with Crippen molar-refractivity contribution < 1.29 is 29.6 Å². The van der Waals surface area contributed by atoms with Crippen LogP contribution in [-0.4, -0.2) is 34.8 Å². The molecule has 2 rings (SSSR count). The van der Waals surface area contributed by atoms with Gasteiger partial charge in [0.15, 0.2) is 23.0 Å². The molecule has 0 aliphatic carbocycles. The van der Waals surface area contributed by atoms with Gasteiger partial charge in [0.05, 0.1) is 19.8 Å². The number of benzene rings is 2. The summed E-state index contributed by atoms with van der Waals surface area (Å²) >= 11 is 0. The van der Waals surface area contributed by atoms with Crippen LogP contribution >= 0.6 is 0 Å². The van der Waals surface area contributed by atoms with E-state index in [0.29, 0.717) is 42.1 Å². The number of aliphatic hydroxyl groups is 1. The third-order valence-electron chi connectivity index (χ3n) is 3.63. The first-order chi connectivity index (χ1) is 12.1. The number of aldehydes is 1. The highest BCUT2D eigenvalue weighted by molar-refractivity contribution is 5.76. The molecular formula is C19H22O6.